The number of aryl methyl sites for hydroxylation is 4. The third-order valence-electron chi connectivity index (χ3n) is 3.13. The van der Waals surface area contributed by atoms with E-state index in [2.05, 4.69) is 35.2 Å². The summed E-state index contributed by atoms with van der Waals surface area (Å²) in [6.07, 6.45) is 0.779. The lowest BCUT2D eigenvalue weighted by molar-refractivity contribution is 0.461. The molecule has 0 radical (unpaired) electrons. The fourth-order valence-electron chi connectivity index (χ4n) is 2.18. The van der Waals surface area contributed by atoms with Gasteiger partial charge in [-0.3, -0.25) is 0 Å². The first kappa shape index (κ1) is 18.5. The second kappa shape index (κ2) is 8.17. The number of halogens is 1. The Morgan fingerprint density at radius 1 is 1.23 bits per heavy atom. The van der Waals surface area contributed by atoms with Crippen LogP contribution in [0.4, 0.5) is 5.69 Å². The van der Waals surface area contributed by atoms with E-state index in [4.69, 9.17) is 10.2 Å². The lowest BCUT2D eigenvalue weighted by Gasteiger charge is -2.07. The van der Waals surface area contributed by atoms with Gasteiger partial charge in [0.25, 0.3) is 0 Å². The number of aliphatic imine (C=N–C) groups is 1. The van der Waals surface area contributed by atoms with Gasteiger partial charge in [0, 0.05) is 12.1 Å². The molecule has 1 aromatic carbocycles. The van der Waals surface area contributed by atoms with Crippen molar-refractivity contribution in [2.45, 2.75) is 40.7 Å². The predicted molar refractivity (Wildman–Crippen MR) is 101 cm³/mol. The summed E-state index contributed by atoms with van der Waals surface area (Å²) in [5.74, 6) is 1.87. The topological polar surface area (TPSA) is 76.4 Å². The molecule has 0 aliphatic rings. The van der Waals surface area contributed by atoms with E-state index in [0.29, 0.717) is 12.5 Å². The van der Waals surface area contributed by atoms with Crippen LogP contribution in [-0.2, 0) is 13.0 Å². The third-order valence-corrected chi connectivity index (χ3v) is 3.13. The number of aromatic nitrogens is 1. The molecule has 22 heavy (non-hydrogen) atoms. The molecule has 2 rings (SSSR count). The summed E-state index contributed by atoms with van der Waals surface area (Å²) < 4.78 is 5.60. The number of guanidine groups is 1. The van der Waals surface area contributed by atoms with Gasteiger partial charge in [0.15, 0.2) is 11.9 Å². The van der Waals surface area contributed by atoms with Gasteiger partial charge in [-0.05, 0) is 44.0 Å². The maximum absolute atomic E-state index is 5.92. The summed E-state index contributed by atoms with van der Waals surface area (Å²) >= 11 is 0. The van der Waals surface area contributed by atoms with Crippen LogP contribution in [0.25, 0.3) is 0 Å². The Morgan fingerprint density at radius 3 is 2.41 bits per heavy atom. The van der Waals surface area contributed by atoms with Crippen molar-refractivity contribution in [1.82, 2.24) is 4.98 Å². The molecular weight excluding hydrogens is 391 g/mol. The zero-order valence-electron chi connectivity index (χ0n) is 13.4. The van der Waals surface area contributed by atoms with Crippen LogP contribution in [0.2, 0.25) is 0 Å². The van der Waals surface area contributed by atoms with Crippen LogP contribution in [0.5, 0.6) is 0 Å². The number of benzene rings is 1. The lowest BCUT2D eigenvalue weighted by Crippen LogP contribution is -2.22. The van der Waals surface area contributed by atoms with Crippen LogP contribution in [0, 0.1) is 20.8 Å². The predicted octanol–water partition coefficient (Wildman–Crippen LogP) is 3.71. The summed E-state index contributed by atoms with van der Waals surface area (Å²) in [4.78, 5) is 8.62. The highest BCUT2D eigenvalue weighted by Gasteiger charge is 2.07. The molecule has 0 unspecified atom stereocenters. The number of nitrogens with two attached hydrogens (primary N) is 1. The highest BCUT2D eigenvalue weighted by Crippen LogP contribution is 2.14. The SMILES string of the molecule is CCc1nc(C)c(CN=C(N)Nc2cc(C)cc(C)c2)o1.I. The van der Waals surface area contributed by atoms with E-state index in [9.17, 15) is 0 Å². The van der Waals surface area contributed by atoms with Gasteiger partial charge in [-0.2, -0.15) is 0 Å². The number of anilines is 1. The molecule has 0 amide bonds. The van der Waals surface area contributed by atoms with Gasteiger partial charge in [0.2, 0.25) is 0 Å². The normalized spacial score (nSPS) is 11.2. The van der Waals surface area contributed by atoms with Crippen molar-refractivity contribution in [2.75, 3.05) is 5.32 Å². The molecule has 0 spiro atoms. The maximum atomic E-state index is 5.92. The standard InChI is InChI=1S/C16H22N4O.HI/c1-5-15-19-12(4)14(21-15)9-18-16(17)20-13-7-10(2)6-11(3)8-13;/h6-8H,5,9H2,1-4H3,(H3,17,18,20);1H. The zero-order chi connectivity index (χ0) is 15.4. The molecular formula is C16H23IN4O. The Bertz CT molecular complexity index is 644. The van der Waals surface area contributed by atoms with Gasteiger partial charge in [-0.1, -0.05) is 13.0 Å². The van der Waals surface area contributed by atoms with Crippen molar-refractivity contribution in [3.8, 4) is 0 Å². The van der Waals surface area contributed by atoms with E-state index in [-0.39, 0.29) is 24.0 Å². The third kappa shape index (κ3) is 5.01. The highest BCUT2D eigenvalue weighted by atomic mass is 127. The van der Waals surface area contributed by atoms with Crippen molar-refractivity contribution in [1.29, 1.82) is 0 Å². The zero-order valence-corrected chi connectivity index (χ0v) is 15.8. The van der Waals surface area contributed by atoms with Crippen molar-refractivity contribution >= 4 is 35.6 Å². The molecule has 0 fully saturated rings. The first-order valence-corrected chi connectivity index (χ1v) is 7.08. The molecule has 0 aliphatic heterocycles. The van der Waals surface area contributed by atoms with E-state index in [1.807, 2.05) is 26.0 Å². The van der Waals surface area contributed by atoms with Crippen molar-refractivity contribution in [2.24, 2.45) is 10.7 Å². The van der Waals surface area contributed by atoms with Crippen LogP contribution in [0.1, 0.15) is 35.4 Å². The molecule has 0 atom stereocenters. The van der Waals surface area contributed by atoms with Gasteiger partial charge in [0.05, 0.1) is 5.69 Å². The van der Waals surface area contributed by atoms with E-state index in [1.165, 1.54) is 11.1 Å². The van der Waals surface area contributed by atoms with E-state index in [0.717, 1.165) is 29.5 Å². The molecule has 1 heterocycles. The minimum Gasteiger partial charge on any atom is -0.443 e. The Kier molecular flexibility index (Phi) is 6.86. The molecule has 0 aliphatic carbocycles. The number of rotatable bonds is 4. The molecule has 0 saturated heterocycles. The number of nitrogens with zero attached hydrogens (tertiary/aromatic N) is 2. The second-order valence-electron chi connectivity index (χ2n) is 5.17. The largest absolute Gasteiger partial charge is 0.443 e. The molecule has 120 valence electrons. The van der Waals surface area contributed by atoms with Gasteiger partial charge >= 0.3 is 0 Å². The average Bonchev–Trinajstić information content (AvgIpc) is 2.76. The Hall–Kier alpha value is -1.57. The van der Waals surface area contributed by atoms with Crippen LogP contribution < -0.4 is 11.1 Å². The first-order valence-electron chi connectivity index (χ1n) is 7.08. The molecule has 0 bridgehead atoms. The number of hydrogen-bond acceptors (Lipinski definition) is 3. The molecule has 2 aromatic rings. The number of oxazole rings is 1. The van der Waals surface area contributed by atoms with Crippen molar-refractivity contribution in [3.05, 3.63) is 46.7 Å². The van der Waals surface area contributed by atoms with Crippen LogP contribution in [0.15, 0.2) is 27.6 Å². The summed E-state index contributed by atoms with van der Waals surface area (Å²) in [5, 5.41) is 3.10. The Labute approximate surface area is 148 Å². The maximum Gasteiger partial charge on any atom is 0.194 e. The fourth-order valence-corrected chi connectivity index (χ4v) is 2.18. The first-order chi connectivity index (χ1) is 9.97. The molecule has 0 saturated carbocycles. The minimum absolute atomic E-state index is 0. The van der Waals surface area contributed by atoms with Crippen molar-refractivity contribution in [3.63, 3.8) is 0 Å². The molecule has 5 nitrogen and oxygen atoms in total. The van der Waals surface area contributed by atoms with Gasteiger partial charge in [0.1, 0.15) is 12.3 Å². The van der Waals surface area contributed by atoms with Crippen LogP contribution in [-0.4, -0.2) is 10.9 Å². The van der Waals surface area contributed by atoms with E-state index in [1.54, 1.807) is 0 Å². The quantitative estimate of drug-likeness (QED) is 0.455. The van der Waals surface area contributed by atoms with Gasteiger partial charge in [-0.15, -0.1) is 24.0 Å². The fraction of sp³-hybridized carbons (Fsp3) is 0.375. The van der Waals surface area contributed by atoms with E-state index >= 15 is 0 Å². The Balaban J connectivity index is 0.00000242. The average molecular weight is 414 g/mol. The molecule has 1 aromatic heterocycles. The second-order valence-corrected chi connectivity index (χ2v) is 5.17. The monoisotopic (exact) mass is 414 g/mol. The van der Waals surface area contributed by atoms with E-state index < -0.39 is 0 Å². The van der Waals surface area contributed by atoms with Crippen molar-refractivity contribution < 1.29 is 4.42 Å². The number of nitrogens with one attached hydrogen (secondary N) is 1. The minimum atomic E-state index is 0. The highest BCUT2D eigenvalue weighted by molar-refractivity contribution is 14.0. The molecule has 6 heteroatoms. The summed E-state index contributed by atoms with van der Waals surface area (Å²) in [5.41, 5.74) is 10.1. The summed E-state index contributed by atoms with van der Waals surface area (Å²) in [7, 11) is 0. The lowest BCUT2D eigenvalue weighted by atomic mass is 10.1. The van der Waals surface area contributed by atoms with Crippen LogP contribution in [0.3, 0.4) is 0 Å². The Morgan fingerprint density at radius 2 is 1.86 bits per heavy atom. The van der Waals surface area contributed by atoms with Crippen LogP contribution >= 0.6 is 24.0 Å². The summed E-state index contributed by atoms with van der Waals surface area (Å²) in [6.45, 7) is 8.42. The summed E-state index contributed by atoms with van der Waals surface area (Å²) in [6, 6.07) is 6.18. The number of hydrogen-bond donors (Lipinski definition) is 2. The smallest absolute Gasteiger partial charge is 0.194 e. The van der Waals surface area contributed by atoms with Gasteiger partial charge < -0.3 is 15.5 Å². The molecule has 3 N–H and O–H groups in total. The van der Waals surface area contributed by atoms with Gasteiger partial charge in [-0.25, -0.2) is 9.98 Å².